The summed E-state index contributed by atoms with van der Waals surface area (Å²) < 4.78 is 26.8. The van der Waals surface area contributed by atoms with E-state index in [4.69, 9.17) is 23.7 Å². The van der Waals surface area contributed by atoms with Gasteiger partial charge in [0, 0.05) is 11.1 Å². The Morgan fingerprint density at radius 1 is 0.737 bits per heavy atom. The number of hydrogen-bond donors (Lipinski definition) is 1. The molecule has 38 heavy (non-hydrogen) atoms. The van der Waals surface area contributed by atoms with Gasteiger partial charge in [0.25, 0.3) is 5.91 Å². The quantitative estimate of drug-likeness (QED) is 0.147. The Balaban J connectivity index is 1.62. The number of carbonyl (C=O) groups is 2. The molecule has 4 aromatic carbocycles. The molecule has 0 fully saturated rings. The maximum absolute atomic E-state index is 12.9. The van der Waals surface area contributed by atoms with Gasteiger partial charge in [0.15, 0.2) is 11.5 Å². The molecule has 194 valence electrons. The Labute approximate surface area is 219 Å². The minimum absolute atomic E-state index is 0.251. The number of fused-ring (bicyclic) bond motifs is 1. The van der Waals surface area contributed by atoms with Crippen LogP contribution in [0.2, 0.25) is 0 Å². The maximum Gasteiger partial charge on any atom is 0.343 e. The topological polar surface area (TPSA) is 105 Å². The van der Waals surface area contributed by atoms with Crippen LogP contribution < -0.4 is 29.1 Å². The molecule has 4 aromatic rings. The molecule has 4 rings (SSSR count). The monoisotopic (exact) mass is 514 g/mol. The van der Waals surface area contributed by atoms with E-state index in [1.165, 1.54) is 39.7 Å². The number of esters is 1. The minimum Gasteiger partial charge on any atom is -0.497 e. The van der Waals surface area contributed by atoms with Crippen molar-refractivity contribution >= 4 is 28.9 Å². The van der Waals surface area contributed by atoms with Gasteiger partial charge in [-0.3, -0.25) is 4.79 Å². The first-order valence-corrected chi connectivity index (χ1v) is 11.5. The molecule has 0 aliphatic heterocycles. The van der Waals surface area contributed by atoms with E-state index in [-0.39, 0.29) is 11.3 Å². The molecule has 1 N–H and O–H groups in total. The average molecular weight is 515 g/mol. The summed E-state index contributed by atoms with van der Waals surface area (Å²) in [6.45, 7) is 0. The zero-order valence-corrected chi connectivity index (χ0v) is 21.3. The molecule has 0 aliphatic rings. The number of nitrogens with zero attached hydrogens (tertiary/aromatic N) is 1. The zero-order chi connectivity index (χ0) is 27.1. The van der Waals surface area contributed by atoms with Crippen molar-refractivity contribution < 1.29 is 33.3 Å². The Kier molecular flexibility index (Phi) is 8.07. The van der Waals surface area contributed by atoms with Crippen LogP contribution in [0.3, 0.4) is 0 Å². The summed E-state index contributed by atoms with van der Waals surface area (Å²) in [7, 11) is 5.96. The molecule has 0 heterocycles. The van der Waals surface area contributed by atoms with Gasteiger partial charge >= 0.3 is 5.97 Å². The largest absolute Gasteiger partial charge is 0.497 e. The van der Waals surface area contributed by atoms with Gasteiger partial charge in [-0.15, -0.1) is 0 Å². The lowest BCUT2D eigenvalue weighted by Crippen LogP contribution is -2.18. The third kappa shape index (κ3) is 5.52. The maximum atomic E-state index is 12.9. The first-order chi connectivity index (χ1) is 18.5. The van der Waals surface area contributed by atoms with Crippen LogP contribution in [0.5, 0.6) is 28.7 Å². The molecule has 0 bridgehead atoms. The Hall–Kier alpha value is -5.05. The summed E-state index contributed by atoms with van der Waals surface area (Å²) in [5.41, 5.74) is 3.63. The normalized spacial score (nSPS) is 10.7. The third-order valence-corrected chi connectivity index (χ3v) is 5.75. The predicted molar refractivity (Wildman–Crippen MR) is 143 cm³/mol. The van der Waals surface area contributed by atoms with E-state index in [0.717, 1.165) is 10.8 Å². The summed E-state index contributed by atoms with van der Waals surface area (Å²) in [6, 6.07) is 20.7. The fourth-order valence-corrected chi connectivity index (χ4v) is 3.82. The van der Waals surface area contributed by atoms with Crippen molar-refractivity contribution in [1.82, 2.24) is 5.43 Å². The van der Waals surface area contributed by atoms with Crippen LogP contribution in [0.25, 0.3) is 10.8 Å². The van der Waals surface area contributed by atoms with Crippen LogP contribution in [0.1, 0.15) is 26.3 Å². The van der Waals surface area contributed by atoms with Crippen molar-refractivity contribution in [1.29, 1.82) is 0 Å². The molecule has 0 aliphatic carbocycles. The van der Waals surface area contributed by atoms with Gasteiger partial charge in [0.1, 0.15) is 11.5 Å². The molecule has 0 spiro atoms. The molecule has 0 aromatic heterocycles. The Bertz CT molecular complexity index is 1470. The molecule has 0 radical (unpaired) electrons. The fourth-order valence-electron chi connectivity index (χ4n) is 3.82. The highest BCUT2D eigenvalue weighted by atomic mass is 16.5. The predicted octanol–water partition coefficient (Wildman–Crippen LogP) is 4.86. The highest BCUT2D eigenvalue weighted by Crippen LogP contribution is 2.38. The summed E-state index contributed by atoms with van der Waals surface area (Å²) in [6.07, 6.45) is 1.44. The molecule has 9 heteroatoms. The second kappa shape index (κ2) is 11.8. The third-order valence-electron chi connectivity index (χ3n) is 5.75. The van der Waals surface area contributed by atoms with Crippen LogP contribution in [-0.4, -0.2) is 46.5 Å². The lowest BCUT2D eigenvalue weighted by atomic mass is 10.0. The SMILES string of the molecule is COc1ccc(C(=O)Oc2ccc3ccccc3c2/C=N/NC(=O)c2cc(OC)c(OC)c(OC)c2)cc1. The number of hydrazone groups is 1. The summed E-state index contributed by atoms with van der Waals surface area (Å²) >= 11 is 0. The lowest BCUT2D eigenvalue weighted by Gasteiger charge is -2.13. The van der Waals surface area contributed by atoms with E-state index in [1.807, 2.05) is 30.3 Å². The van der Waals surface area contributed by atoms with Crippen LogP contribution in [0.15, 0.2) is 77.9 Å². The van der Waals surface area contributed by atoms with Crippen molar-refractivity contribution in [2.24, 2.45) is 5.10 Å². The second-order valence-corrected chi connectivity index (χ2v) is 7.93. The summed E-state index contributed by atoms with van der Waals surface area (Å²) in [5, 5.41) is 5.84. The van der Waals surface area contributed by atoms with E-state index in [1.54, 1.807) is 37.4 Å². The Morgan fingerprint density at radius 3 is 2.05 bits per heavy atom. The standard InChI is InChI=1S/C29H26N2O7/c1-34-21-12-9-19(10-13-21)29(33)38-24-14-11-18-7-5-6-8-22(18)23(24)17-30-31-28(32)20-15-25(35-2)27(37-4)26(16-20)36-3/h5-17H,1-4H3,(H,31,32)/b30-17+. The fraction of sp³-hybridized carbons (Fsp3) is 0.138. The molecule has 0 saturated heterocycles. The average Bonchev–Trinajstić information content (AvgIpc) is 2.96. The van der Waals surface area contributed by atoms with Gasteiger partial charge in [-0.2, -0.15) is 5.10 Å². The van der Waals surface area contributed by atoms with E-state index in [2.05, 4.69) is 10.5 Å². The molecular weight excluding hydrogens is 488 g/mol. The van der Waals surface area contributed by atoms with Gasteiger partial charge in [-0.1, -0.05) is 30.3 Å². The molecular formula is C29H26N2O7. The number of ether oxygens (including phenoxy) is 5. The van der Waals surface area contributed by atoms with Crippen molar-refractivity contribution in [3.8, 4) is 28.7 Å². The van der Waals surface area contributed by atoms with Gasteiger partial charge < -0.3 is 23.7 Å². The summed E-state index contributed by atoms with van der Waals surface area (Å²) in [4.78, 5) is 25.7. The van der Waals surface area contributed by atoms with Crippen molar-refractivity contribution in [3.63, 3.8) is 0 Å². The van der Waals surface area contributed by atoms with Crippen LogP contribution in [0, 0.1) is 0 Å². The molecule has 0 atom stereocenters. The lowest BCUT2D eigenvalue weighted by molar-refractivity contribution is 0.0734. The van der Waals surface area contributed by atoms with Gasteiger partial charge in [-0.25, -0.2) is 10.2 Å². The number of hydrogen-bond acceptors (Lipinski definition) is 8. The minimum atomic E-state index is -0.543. The van der Waals surface area contributed by atoms with E-state index < -0.39 is 11.9 Å². The number of carbonyl (C=O) groups excluding carboxylic acids is 2. The van der Waals surface area contributed by atoms with Gasteiger partial charge in [0.2, 0.25) is 5.75 Å². The van der Waals surface area contributed by atoms with Crippen LogP contribution in [-0.2, 0) is 0 Å². The summed E-state index contributed by atoms with van der Waals surface area (Å²) in [5.74, 6) is 0.912. The first kappa shape index (κ1) is 26.0. The van der Waals surface area contributed by atoms with E-state index in [9.17, 15) is 9.59 Å². The number of benzene rings is 4. The number of methoxy groups -OCH3 is 4. The smallest absolute Gasteiger partial charge is 0.343 e. The zero-order valence-electron chi connectivity index (χ0n) is 21.3. The molecule has 0 saturated carbocycles. The number of rotatable bonds is 9. The number of amides is 1. The van der Waals surface area contributed by atoms with E-state index >= 15 is 0 Å². The molecule has 0 unspecified atom stereocenters. The van der Waals surface area contributed by atoms with Crippen LogP contribution in [0.4, 0.5) is 0 Å². The first-order valence-electron chi connectivity index (χ1n) is 11.5. The van der Waals surface area contributed by atoms with E-state index in [0.29, 0.717) is 34.1 Å². The van der Waals surface area contributed by atoms with Crippen molar-refractivity contribution in [2.45, 2.75) is 0 Å². The highest BCUT2D eigenvalue weighted by molar-refractivity contribution is 6.04. The van der Waals surface area contributed by atoms with Crippen molar-refractivity contribution in [3.05, 3.63) is 89.5 Å². The second-order valence-electron chi connectivity index (χ2n) is 7.93. The molecule has 1 amide bonds. The van der Waals surface area contributed by atoms with Crippen LogP contribution >= 0.6 is 0 Å². The van der Waals surface area contributed by atoms with Gasteiger partial charge in [0.05, 0.1) is 40.2 Å². The van der Waals surface area contributed by atoms with Gasteiger partial charge in [-0.05, 0) is 53.2 Å². The van der Waals surface area contributed by atoms with Crippen molar-refractivity contribution in [2.75, 3.05) is 28.4 Å². The Morgan fingerprint density at radius 2 is 1.42 bits per heavy atom. The highest BCUT2D eigenvalue weighted by Gasteiger charge is 2.17. The molecule has 9 nitrogen and oxygen atoms in total. The number of nitrogens with one attached hydrogen (secondary N) is 1.